The second kappa shape index (κ2) is 4.28. The van der Waals surface area contributed by atoms with Gasteiger partial charge in [-0.1, -0.05) is 0 Å². The fourth-order valence-corrected chi connectivity index (χ4v) is 2.94. The molecule has 1 saturated heterocycles. The minimum atomic E-state index is 0.0275. The monoisotopic (exact) mass is 246 g/mol. The van der Waals surface area contributed by atoms with Crippen LogP contribution in [0.15, 0.2) is 5.38 Å². The Morgan fingerprint density at radius 3 is 3.07 bits per heavy atom. The Morgan fingerprint density at radius 1 is 1.67 bits per heavy atom. The van der Waals surface area contributed by atoms with Crippen molar-refractivity contribution in [1.82, 2.24) is 4.98 Å². The van der Waals surface area contributed by atoms with Crippen molar-refractivity contribution < 1.29 is 4.74 Å². The lowest BCUT2D eigenvalue weighted by Crippen LogP contribution is -2.53. The van der Waals surface area contributed by atoms with Gasteiger partial charge in [0.1, 0.15) is 0 Å². The first-order chi connectivity index (χ1) is 7.13. The number of thiazole rings is 1. The van der Waals surface area contributed by atoms with Crippen molar-refractivity contribution in [3.8, 4) is 0 Å². The fourth-order valence-electron chi connectivity index (χ4n) is 1.69. The number of rotatable bonds is 2. The number of anilines is 1. The standard InChI is InChI=1S/C10H15ClN2OS/c1-10(2)7-14-4-3-13(10)9-12-8(5-11)6-15-9/h6H,3-5,7H2,1-2H3. The van der Waals surface area contributed by atoms with Crippen LogP contribution in [-0.4, -0.2) is 30.3 Å². The molecule has 15 heavy (non-hydrogen) atoms. The van der Waals surface area contributed by atoms with E-state index in [1.165, 1.54) is 0 Å². The summed E-state index contributed by atoms with van der Waals surface area (Å²) >= 11 is 7.41. The maximum Gasteiger partial charge on any atom is 0.186 e. The highest BCUT2D eigenvalue weighted by Gasteiger charge is 2.32. The van der Waals surface area contributed by atoms with Gasteiger partial charge in [-0.2, -0.15) is 0 Å². The van der Waals surface area contributed by atoms with Crippen LogP contribution in [0.4, 0.5) is 5.13 Å². The van der Waals surface area contributed by atoms with E-state index in [0.29, 0.717) is 5.88 Å². The number of ether oxygens (including phenoxy) is 1. The van der Waals surface area contributed by atoms with Crippen LogP contribution in [0.3, 0.4) is 0 Å². The second-order valence-electron chi connectivity index (χ2n) is 4.27. The summed E-state index contributed by atoms with van der Waals surface area (Å²) in [6.07, 6.45) is 0. The van der Waals surface area contributed by atoms with Crippen LogP contribution in [0.5, 0.6) is 0 Å². The van der Waals surface area contributed by atoms with Crippen molar-refractivity contribution in [2.75, 3.05) is 24.7 Å². The van der Waals surface area contributed by atoms with Crippen LogP contribution >= 0.6 is 22.9 Å². The number of halogens is 1. The Morgan fingerprint density at radius 2 is 2.47 bits per heavy atom. The summed E-state index contributed by atoms with van der Waals surface area (Å²) in [5, 5.41) is 3.08. The van der Waals surface area contributed by atoms with Crippen molar-refractivity contribution in [2.24, 2.45) is 0 Å². The van der Waals surface area contributed by atoms with Crippen LogP contribution in [0.25, 0.3) is 0 Å². The van der Waals surface area contributed by atoms with Crippen LogP contribution in [-0.2, 0) is 10.6 Å². The largest absolute Gasteiger partial charge is 0.377 e. The zero-order valence-corrected chi connectivity index (χ0v) is 10.6. The number of nitrogens with zero attached hydrogens (tertiary/aromatic N) is 2. The highest BCUT2D eigenvalue weighted by molar-refractivity contribution is 7.13. The molecule has 0 aliphatic carbocycles. The Balaban J connectivity index is 2.21. The average molecular weight is 247 g/mol. The molecule has 1 fully saturated rings. The van der Waals surface area contributed by atoms with Gasteiger partial charge in [0.05, 0.1) is 30.3 Å². The van der Waals surface area contributed by atoms with Crippen molar-refractivity contribution in [2.45, 2.75) is 25.3 Å². The van der Waals surface area contributed by atoms with Gasteiger partial charge in [0.2, 0.25) is 0 Å². The van der Waals surface area contributed by atoms with Gasteiger partial charge in [0.15, 0.2) is 5.13 Å². The average Bonchev–Trinajstić information content (AvgIpc) is 2.65. The third-order valence-corrected chi connectivity index (χ3v) is 3.74. The number of aromatic nitrogens is 1. The van der Waals surface area contributed by atoms with Gasteiger partial charge in [-0.05, 0) is 13.8 Å². The zero-order chi connectivity index (χ0) is 10.9. The molecule has 1 aliphatic heterocycles. The molecule has 0 spiro atoms. The lowest BCUT2D eigenvalue weighted by Gasteiger charge is -2.41. The van der Waals surface area contributed by atoms with E-state index in [9.17, 15) is 0 Å². The summed E-state index contributed by atoms with van der Waals surface area (Å²) in [6, 6.07) is 0. The first-order valence-corrected chi connectivity index (χ1v) is 6.41. The quantitative estimate of drug-likeness (QED) is 0.750. The summed E-state index contributed by atoms with van der Waals surface area (Å²) in [5.74, 6) is 0.487. The molecule has 0 radical (unpaired) electrons. The molecule has 0 amide bonds. The van der Waals surface area contributed by atoms with E-state index in [0.717, 1.165) is 30.6 Å². The maximum atomic E-state index is 5.75. The van der Waals surface area contributed by atoms with Gasteiger partial charge >= 0.3 is 0 Å². The van der Waals surface area contributed by atoms with E-state index in [1.54, 1.807) is 11.3 Å². The summed E-state index contributed by atoms with van der Waals surface area (Å²) in [4.78, 5) is 6.81. The maximum absolute atomic E-state index is 5.75. The molecule has 0 unspecified atom stereocenters. The summed E-state index contributed by atoms with van der Waals surface area (Å²) in [7, 11) is 0. The van der Waals surface area contributed by atoms with Crippen molar-refractivity contribution in [3.05, 3.63) is 11.1 Å². The number of hydrogen-bond donors (Lipinski definition) is 0. The van der Waals surface area contributed by atoms with E-state index in [1.807, 2.05) is 5.38 Å². The van der Waals surface area contributed by atoms with Crippen LogP contribution in [0, 0.1) is 0 Å². The summed E-state index contributed by atoms with van der Waals surface area (Å²) in [6.45, 7) is 6.78. The summed E-state index contributed by atoms with van der Waals surface area (Å²) in [5.41, 5.74) is 0.985. The number of morpholine rings is 1. The zero-order valence-electron chi connectivity index (χ0n) is 8.99. The van der Waals surface area contributed by atoms with Crippen molar-refractivity contribution in [1.29, 1.82) is 0 Å². The van der Waals surface area contributed by atoms with E-state index in [-0.39, 0.29) is 5.54 Å². The van der Waals surface area contributed by atoms with Gasteiger partial charge in [-0.15, -0.1) is 22.9 Å². The smallest absolute Gasteiger partial charge is 0.186 e. The SMILES string of the molecule is CC1(C)COCCN1c1nc(CCl)cs1. The van der Waals surface area contributed by atoms with Gasteiger partial charge in [-0.3, -0.25) is 0 Å². The Bertz CT molecular complexity index is 340. The third kappa shape index (κ3) is 2.27. The molecule has 2 heterocycles. The van der Waals surface area contributed by atoms with E-state index in [4.69, 9.17) is 16.3 Å². The predicted octanol–water partition coefficient (Wildman–Crippen LogP) is 2.50. The van der Waals surface area contributed by atoms with Crippen molar-refractivity contribution >= 4 is 28.1 Å². The first-order valence-electron chi connectivity index (χ1n) is 4.99. The molecule has 1 aromatic heterocycles. The van der Waals surface area contributed by atoms with Crippen LogP contribution in [0.2, 0.25) is 0 Å². The minimum Gasteiger partial charge on any atom is -0.377 e. The molecule has 1 aromatic rings. The molecule has 5 heteroatoms. The number of hydrogen-bond acceptors (Lipinski definition) is 4. The normalized spacial score (nSPS) is 20.6. The Hall–Kier alpha value is -0.320. The van der Waals surface area contributed by atoms with Crippen LogP contribution in [0.1, 0.15) is 19.5 Å². The highest BCUT2D eigenvalue weighted by atomic mass is 35.5. The van der Waals surface area contributed by atoms with Gasteiger partial charge < -0.3 is 9.64 Å². The van der Waals surface area contributed by atoms with Crippen LogP contribution < -0.4 is 4.90 Å². The molecule has 0 aromatic carbocycles. The molecule has 0 saturated carbocycles. The molecule has 3 nitrogen and oxygen atoms in total. The topological polar surface area (TPSA) is 25.4 Å². The molecule has 0 atom stereocenters. The lowest BCUT2D eigenvalue weighted by atomic mass is 10.0. The third-order valence-electron chi connectivity index (χ3n) is 2.55. The summed E-state index contributed by atoms with van der Waals surface area (Å²) < 4.78 is 5.48. The van der Waals surface area contributed by atoms with E-state index >= 15 is 0 Å². The predicted molar refractivity (Wildman–Crippen MR) is 63.9 cm³/mol. The van der Waals surface area contributed by atoms with Gasteiger partial charge in [0.25, 0.3) is 0 Å². The second-order valence-corrected chi connectivity index (χ2v) is 5.38. The Kier molecular flexibility index (Phi) is 3.19. The van der Waals surface area contributed by atoms with Gasteiger partial charge in [0, 0.05) is 11.9 Å². The molecule has 84 valence electrons. The molecular weight excluding hydrogens is 232 g/mol. The molecule has 0 bridgehead atoms. The highest BCUT2D eigenvalue weighted by Crippen LogP contribution is 2.29. The fraction of sp³-hybridized carbons (Fsp3) is 0.700. The van der Waals surface area contributed by atoms with E-state index < -0.39 is 0 Å². The lowest BCUT2D eigenvalue weighted by molar-refractivity contribution is 0.0643. The molecule has 1 aliphatic rings. The van der Waals surface area contributed by atoms with Crippen molar-refractivity contribution in [3.63, 3.8) is 0 Å². The Labute approximate surface area is 99.0 Å². The first kappa shape index (κ1) is 11.2. The molecular formula is C10H15ClN2OS. The number of alkyl halides is 1. The molecule has 2 rings (SSSR count). The molecule has 0 N–H and O–H groups in total. The van der Waals surface area contributed by atoms with E-state index in [2.05, 4.69) is 23.7 Å². The van der Waals surface area contributed by atoms with Gasteiger partial charge in [-0.25, -0.2) is 4.98 Å². The minimum absolute atomic E-state index is 0.0275.